The van der Waals surface area contributed by atoms with Gasteiger partial charge in [0.2, 0.25) is 0 Å². The monoisotopic (exact) mass is 251 g/mol. The number of carboxylic acids is 1. The zero-order chi connectivity index (χ0) is 13.3. The largest absolute Gasteiger partial charge is 0.478 e. The Morgan fingerprint density at radius 1 is 1.56 bits per heavy atom. The van der Waals surface area contributed by atoms with Gasteiger partial charge in [0.1, 0.15) is 11.8 Å². The van der Waals surface area contributed by atoms with Crippen LogP contribution in [0.4, 0.5) is 0 Å². The van der Waals surface area contributed by atoms with Gasteiger partial charge in [0.15, 0.2) is 0 Å². The van der Waals surface area contributed by atoms with E-state index in [9.17, 15) is 9.59 Å². The van der Waals surface area contributed by atoms with Gasteiger partial charge in [-0.05, 0) is 12.5 Å². The lowest BCUT2D eigenvalue weighted by molar-refractivity contribution is 0.0696. The van der Waals surface area contributed by atoms with Gasteiger partial charge < -0.3 is 9.84 Å². The summed E-state index contributed by atoms with van der Waals surface area (Å²) in [4.78, 5) is 23.1. The van der Waals surface area contributed by atoms with Crippen molar-refractivity contribution in [3.8, 4) is 0 Å². The summed E-state index contributed by atoms with van der Waals surface area (Å²) in [5, 5.41) is 13.0. The van der Waals surface area contributed by atoms with Crippen LogP contribution in [-0.2, 0) is 11.3 Å². The van der Waals surface area contributed by atoms with Crippen molar-refractivity contribution in [1.82, 2.24) is 14.2 Å². The number of nitrogens with zero attached hydrogens (tertiary/aromatic N) is 3. The first-order valence-electron chi connectivity index (χ1n) is 5.36. The second kappa shape index (κ2) is 4.61. The van der Waals surface area contributed by atoms with Gasteiger partial charge in [-0.15, -0.1) is 0 Å². The molecule has 2 heterocycles. The number of carboxylic acid groups (broad SMARTS) is 1. The van der Waals surface area contributed by atoms with Crippen molar-refractivity contribution >= 4 is 11.5 Å². The van der Waals surface area contributed by atoms with E-state index >= 15 is 0 Å². The molecule has 96 valence electrons. The molecule has 0 saturated heterocycles. The maximum Gasteiger partial charge on any atom is 0.337 e. The molecule has 0 radical (unpaired) electrons. The molecular weight excluding hydrogens is 238 g/mol. The molecule has 1 N–H and O–H groups in total. The number of aromatic carboxylic acids is 1. The number of hydrogen-bond donors (Lipinski definition) is 1. The van der Waals surface area contributed by atoms with Gasteiger partial charge in [0, 0.05) is 13.3 Å². The Kier molecular flexibility index (Phi) is 3.15. The highest BCUT2D eigenvalue weighted by Gasteiger charge is 2.16. The summed E-state index contributed by atoms with van der Waals surface area (Å²) in [7, 11) is 1.54. The van der Waals surface area contributed by atoms with Crippen molar-refractivity contribution in [2.24, 2.45) is 0 Å². The lowest BCUT2D eigenvalue weighted by atomic mass is 10.2. The van der Waals surface area contributed by atoms with E-state index in [2.05, 4.69) is 5.10 Å². The molecule has 0 aliphatic carbocycles. The molecule has 18 heavy (non-hydrogen) atoms. The number of carbonyl (C=O) groups is 1. The highest BCUT2D eigenvalue weighted by Crippen LogP contribution is 2.13. The number of rotatable bonds is 4. The maximum absolute atomic E-state index is 12.1. The standard InChI is InChI=1S/C11H13N3O4/c1-7-8(11(16)17)5-14-9(7)10(15)13(6-12-14)3-4-18-2/h5-6H,3-4H2,1-2H3,(H,16,17). The van der Waals surface area contributed by atoms with Crippen LogP contribution in [0.15, 0.2) is 17.3 Å². The molecule has 0 aliphatic heterocycles. The summed E-state index contributed by atoms with van der Waals surface area (Å²) in [6.07, 6.45) is 2.72. The number of aryl methyl sites for hydroxylation is 1. The van der Waals surface area contributed by atoms with Crippen LogP contribution in [0.25, 0.3) is 5.52 Å². The Morgan fingerprint density at radius 2 is 2.28 bits per heavy atom. The van der Waals surface area contributed by atoms with Crippen molar-refractivity contribution < 1.29 is 14.6 Å². The Bertz CT molecular complexity index is 656. The predicted octanol–water partition coefficient (Wildman–Crippen LogP) is 0.149. The molecule has 0 bridgehead atoms. The second-order valence-corrected chi connectivity index (χ2v) is 3.89. The van der Waals surface area contributed by atoms with E-state index in [0.717, 1.165) is 0 Å². The van der Waals surface area contributed by atoms with Gasteiger partial charge in [0.05, 0.1) is 18.7 Å². The normalized spacial score (nSPS) is 11.0. The smallest absolute Gasteiger partial charge is 0.337 e. The summed E-state index contributed by atoms with van der Waals surface area (Å²) < 4.78 is 7.59. The maximum atomic E-state index is 12.1. The Morgan fingerprint density at radius 3 is 2.89 bits per heavy atom. The molecular formula is C11H13N3O4. The van der Waals surface area contributed by atoms with E-state index in [4.69, 9.17) is 9.84 Å². The third-order valence-corrected chi connectivity index (χ3v) is 2.79. The highest BCUT2D eigenvalue weighted by atomic mass is 16.5. The van der Waals surface area contributed by atoms with E-state index < -0.39 is 5.97 Å². The van der Waals surface area contributed by atoms with Crippen LogP contribution in [0, 0.1) is 6.92 Å². The fourth-order valence-corrected chi connectivity index (χ4v) is 1.80. The lowest BCUT2D eigenvalue weighted by Crippen LogP contribution is -2.24. The molecule has 0 atom stereocenters. The van der Waals surface area contributed by atoms with Crippen LogP contribution in [-0.4, -0.2) is 39.0 Å². The summed E-state index contributed by atoms with van der Waals surface area (Å²) in [6, 6.07) is 0. The summed E-state index contributed by atoms with van der Waals surface area (Å²) in [5.74, 6) is -1.07. The molecule has 0 amide bonds. The van der Waals surface area contributed by atoms with Crippen molar-refractivity contribution in [2.45, 2.75) is 13.5 Å². The second-order valence-electron chi connectivity index (χ2n) is 3.89. The van der Waals surface area contributed by atoms with Crippen LogP contribution in [0.1, 0.15) is 15.9 Å². The Hall–Kier alpha value is -2.15. The van der Waals surface area contributed by atoms with E-state index in [1.807, 2.05) is 0 Å². The molecule has 7 heteroatoms. The minimum Gasteiger partial charge on any atom is -0.478 e. The van der Waals surface area contributed by atoms with Gasteiger partial charge in [-0.1, -0.05) is 0 Å². The van der Waals surface area contributed by atoms with Gasteiger partial charge >= 0.3 is 5.97 Å². The van der Waals surface area contributed by atoms with Crippen LogP contribution in [0.3, 0.4) is 0 Å². The first-order valence-corrected chi connectivity index (χ1v) is 5.36. The molecule has 7 nitrogen and oxygen atoms in total. The SMILES string of the molecule is COCCn1cnn2cc(C(=O)O)c(C)c2c1=O. The van der Waals surface area contributed by atoms with E-state index in [-0.39, 0.29) is 16.6 Å². The summed E-state index contributed by atoms with van der Waals surface area (Å²) in [5.41, 5.74) is 0.522. The quantitative estimate of drug-likeness (QED) is 0.835. The molecule has 0 spiro atoms. The zero-order valence-electron chi connectivity index (χ0n) is 10.1. The van der Waals surface area contributed by atoms with E-state index in [1.165, 1.54) is 21.6 Å². The molecule has 2 rings (SSSR count). The fraction of sp³-hybridized carbons (Fsp3) is 0.364. The van der Waals surface area contributed by atoms with Gasteiger partial charge in [0.25, 0.3) is 5.56 Å². The average Bonchev–Trinajstić information content (AvgIpc) is 2.67. The molecule has 0 aliphatic rings. The van der Waals surface area contributed by atoms with Gasteiger partial charge in [-0.2, -0.15) is 5.10 Å². The molecule has 0 unspecified atom stereocenters. The van der Waals surface area contributed by atoms with Crippen LogP contribution in [0.5, 0.6) is 0 Å². The molecule has 0 saturated carbocycles. The number of hydrogen-bond acceptors (Lipinski definition) is 4. The van der Waals surface area contributed by atoms with Crippen LogP contribution >= 0.6 is 0 Å². The Labute approximate surface area is 102 Å². The average molecular weight is 251 g/mol. The van der Waals surface area contributed by atoms with Crippen molar-refractivity contribution in [3.05, 3.63) is 34.0 Å². The van der Waals surface area contributed by atoms with E-state index in [1.54, 1.807) is 14.0 Å². The third kappa shape index (κ3) is 1.88. The van der Waals surface area contributed by atoms with Crippen LogP contribution in [0.2, 0.25) is 0 Å². The fourth-order valence-electron chi connectivity index (χ4n) is 1.80. The van der Waals surface area contributed by atoms with Crippen molar-refractivity contribution in [3.63, 3.8) is 0 Å². The summed E-state index contributed by atoms with van der Waals surface area (Å²) in [6.45, 7) is 2.37. The molecule has 2 aromatic rings. The van der Waals surface area contributed by atoms with E-state index in [0.29, 0.717) is 18.7 Å². The van der Waals surface area contributed by atoms with Crippen molar-refractivity contribution in [2.75, 3.05) is 13.7 Å². The Balaban J connectivity index is 2.63. The van der Waals surface area contributed by atoms with Crippen molar-refractivity contribution in [1.29, 1.82) is 0 Å². The molecule has 0 fully saturated rings. The van der Waals surface area contributed by atoms with Crippen LogP contribution < -0.4 is 5.56 Å². The number of ether oxygens (including phenoxy) is 1. The lowest BCUT2D eigenvalue weighted by Gasteiger charge is -2.04. The first kappa shape index (κ1) is 12.3. The number of fused-ring (bicyclic) bond motifs is 1. The number of aromatic nitrogens is 3. The first-order chi connectivity index (χ1) is 8.56. The number of methoxy groups -OCH3 is 1. The highest BCUT2D eigenvalue weighted by molar-refractivity contribution is 5.91. The minimum absolute atomic E-state index is 0.0871. The molecule has 0 aromatic carbocycles. The van der Waals surface area contributed by atoms with Gasteiger partial charge in [-0.25, -0.2) is 9.31 Å². The molecule has 2 aromatic heterocycles. The van der Waals surface area contributed by atoms with Gasteiger partial charge in [-0.3, -0.25) is 9.36 Å². The summed E-state index contributed by atoms with van der Waals surface area (Å²) >= 11 is 0. The zero-order valence-corrected chi connectivity index (χ0v) is 10.1. The third-order valence-electron chi connectivity index (χ3n) is 2.79. The predicted molar refractivity (Wildman–Crippen MR) is 63.0 cm³/mol. The topological polar surface area (TPSA) is 85.8 Å². The minimum atomic E-state index is -1.07.